The molecule has 0 radical (unpaired) electrons. The molecule has 4 heteroatoms. The quantitative estimate of drug-likeness (QED) is 0.542. The Kier molecular flexibility index (Phi) is 5.13. The number of halogens is 1. The smallest absolute Gasteiger partial charge is 0.165 e. The van der Waals surface area contributed by atoms with E-state index in [1.54, 1.807) is 12.1 Å². The number of ether oxygens (including phenoxy) is 1. The zero-order valence-electron chi connectivity index (χ0n) is 17.1. The number of hydrogen-bond acceptors (Lipinski definition) is 2. The number of carbonyl (C=O) groups excluding carboxylic acids is 1. The topological polar surface area (TPSA) is 31.2 Å². The number of para-hydroxylation sites is 1. The lowest BCUT2D eigenvalue weighted by Gasteiger charge is -2.30. The lowest BCUT2D eigenvalue weighted by molar-refractivity contribution is 0.0844. The summed E-state index contributed by atoms with van der Waals surface area (Å²) in [7, 11) is 0. The third-order valence-corrected chi connectivity index (χ3v) is 5.52. The maximum atomic E-state index is 14.7. The molecule has 0 bridgehead atoms. The fraction of sp³-hybridized carbons (Fsp3) is 0.320. The van der Waals surface area contributed by atoms with Gasteiger partial charge in [0.15, 0.2) is 5.78 Å². The van der Waals surface area contributed by atoms with Gasteiger partial charge in [-0.1, -0.05) is 50.2 Å². The first-order chi connectivity index (χ1) is 13.9. The molecule has 150 valence electrons. The Labute approximate surface area is 171 Å². The fourth-order valence-electron chi connectivity index (χ4n) is 4.30. The molecule has 0 amide bonds. The van der Waals surface area contributed by atoms with Crippen LogP contribution in [-0.4, -0.2) is 17.0 Å². The number of nitrogens with zero attached hydrogens (tertiary/aromatic N) is 1. The lowest BCUT2D eigenvalue weighted by atomic mass is 9.76. The summed E-state index contributed by atoms with van der Waals surface area (Å²) in [4.78, 5) is 13.0. The van der Waals surface area contributed by atoms with Gasteiger partial charge < -0.3 is 9.30 Å². The first-order valence-electron chi connectivity index (χ1n) is 10.1. The number of benzene rings is 2. The van der Waals surface area contributed by atoms with Crippen LogP contribution in [0, 0.1) is 11.2 Å². The summed E-state index contributed by atoms with van der Waals surface area (Å²) in [5.41, 5.74) is 3.81. The average molecular weight is 391 g/mol. The predicted molar refractivity (Wildman–Crippen MR) is 112 cm³/mol. The number of aromatic nitrogens is 1. The van der Waals surface area contributed by atoms with E-state index in [1.807, 2.05) is 49.4 Å². The van der Waals surface area contributed by atoms with Gasteiger partial charge in [0.2, 0.25) is 0 Å². The Balaban J connectivity index is 1.98. The van der Waals surface area contributed by atoms with E-state index in [0.29, 0.717) is 18.6 Å². The van der Waals surface area contributed by atoms with Crippen LogP contribution < -0.4 is 0 Å². The molecule has 1 aliphatic rings. The second-order valence-electron chi connectivity index (χ2n) is 8.40. The van der Waals surface area contributed by atoms with Gasteiger partial charge >= 0.3 is 0 Å². The van der Waals surface area contributed by atoms with Crippen LogP contribution in [0.5, 0.6) is 0 Å². The molecule has 1 heterocycles. The number of hydrogen-bond donors (Lipinski definition) is 0. The zero-order chi connectivity index (χ0) is 20.6. The Morgan fingerprint density at radius 3 is 2.45 bits per heavy atom. The summed E-state index contributed by atoms with van der Waals surface area (Å²) in [6.45, 7) is 6.57. The summed E-state index contributed by atoms with van der Waals surface area (Å²) in [5.74, 6) is -0.174. The van der Waals surface area contributed by atoms with E-state index in [0.717, 1.165) is 29.1 Å². The van der Waals surface area contributed by atoms with Crippen molar-refractivity contribution in [2.75, 3.05) is 6.61 Å². The first-order valence-corrected chi connectivity index (χ1v) is 10.1. The summed E-state index contributed by atoms with van der Waals surface area (Å²) >= 11 is 0. The molecule has 1 aromatic heterocycles. The van der Waals surface area contributed by atoms with Crippen molar-refractivity contribution in [3.8, 4) is 5.69 Å². The van der Waals surface area contributed by atoms with Crippen molar-refractivity contribution >= 4 is 5.78 Å². The van der Waals surface area contributed by atoms with Crippen LogP contribution in [0.4, 0.5) is 4.39 Å². The SMILES string of the molecule is CCOC(c1ccccc1F)c1cc2c(n1-c1ccccc1)CC(C)(C)CC2=O. The lowest BCUT2D eigenvalue weighted by Crippen LogP contribution is -2.28. The Bertz CT molecular complexity index is 1040. The predicted octanol–water partition coefficient (Wildman–Crippen LogP) is 5.90. The molecule has 0 fully saturated rings. The van der Waals surface area contributed by atoms with Gasteiger partial charge in [-0.25, -0.2) is 4.39 Å². The van der Waals surface area contributed by atoms with Crippen molar-refractivity contribution in [3.05, 3.63) is 89.0 Å². The second kappa shape index (κ2) is 7.60. The third-order valence-electron chi connectivity index (χ3n) is 5.52. The van der Waals surface area contributed by atoms with Crippen LogP contribution in [0.25, 0.3) is 5.69 Å². The van der Waals surface area contributed by atoms with Crippen LogP contribution in [0.3, 0.4) is 0 Å². The van der Waals surface area contributed by atoms with Gasteiger partial charge in [0, 0.05) is 35.5 Å². The maximum absolute atomic E-state index is 14.7. The zero-order valence-corrected chi connectivity index (χ0v) is 17.1. The van der Waals surface area contributed by atoms with Crippen LogP contribution in [0.2, 0.25) is 0 Å². The summed E-state index contributed by atoms with van der Waals surface area (Å²) in [6, 6.07) is 18.5. The van der Waals surface area contributed by atoms with Gasteiger partial charge in [-0.3, -0.25) is 4.79 Å². The van der Waals surface area contributed by atoms with Crippen molar-refractivity contribution in [3.63, 3.8) is 0 Å². The van der Waals surface area contributed by atoms with E-state index in [9.17, 15) is 9.18 Å². The number of Topliss-reactive ketones (excluding diaryl/α,β-unsaturated/α-hetero) is 1. The van der Waals surface area contributed by atoms with Crippen LogP contribution in [0.15, 0.2) is 60.7 Å². The highest BCUT2D eigenvalue weighted by Gasteiger charge is 2.36. The van der Waals surface area contributed by atoms with Gasteiger partial charge in [-0.15, -0.1) is 0 Å². The standard InChI is InChI=1S/C25H26FNO2/c1-4-29-24(18-12-8-9-13-20(18)26)21-14-19-22(15-25(2,3)16-23(19)28)27(21)17-10-6-5-7-11-17/h5-14,24H,4,15-16H2,1-3H3. The van der Waals surface area contributed by atoms with E-state index in [2.05, 4.69) is 18.4 Å². The molecular formula is C25H26FNO2. The van der Waals surface area contributed by atoms with E-state index in [4.69, 9.17) is 4.74 Å². The Morgan fingerprint density at radius 2 is 1.76 bits per heavy atom. The van der Waals surface area contributed by atoms with E-state index < -0.39 is 6.10 Å². The number of rotatable bonds is 5. The molecule has 0 N–H and O–H groups in total. The average Bonchev–Trinajstić information content (AvgIpc) is 3.05. The van der Waals surface area contributed by atoms with Crippen molar-refractivity contribution in [1.29, 1.82) is 0 Å². The van der Waals surface area contributed by atoms with Gasteiger partial charge in [-0.05, 0) is 43.0 Å². The highest BCUT2D eigenvalue weighted by Crippen LogP contribution is 2.41. The fourth-order valence-corrected chi connectivity index (χ4v) is 4.30. The van der Waals surface area contributed by atoms with Crippen molar-refractivity contribution < 1.29 is 13.9 Å². The molecule has 3 aromatic rings. The monoisotopic (exact) mass is 391 g/mol. The molecule has 0 saturated heterocycles. The number of fused-ring (bicyclic) bond motifs is 1. The highest BCUT2D eigenvalue weighted by molar-refractivity contribution is 5.99. The summed E-state index contributed by atoms with van der Waals surface area (Å²) in [5, 5.41) is 0. The third kappa shape index (κ3) is 3.65. The van der Waals surface area contributed by atoms with Gasteiger partial charge in [0.05, 0.1) is 5.69 Å². The maximum Gasteiger partial charge on any atom is 0.165 e. The van der Waals surface area contributed by atoms with Crippen molar-refractivity contribution in [1.82, 2.24) is 4.57 Å². The first kappa shape index (κ1) is 19.6. The number of carbonyl (C=O) groups is 1. The molecular weight excluding hydrogens is 365 g/mol. The summed E-state index contributed by atoms with van der Waals surface area (Å²) < 4.78 is 22.9. The summed E-state index contributed by atoms with van der Waals surface area (Å²) in [6.07, 6.45) is 0.694. The largest absolute Gasteiger partial charge is 0.367 e. The molecule has 0 aliphatic heterocycles. The Morgan fingerprint density at radius 1 is 1.07 bits per heavy atom. The molecule has 3 nitrogen and oxygen atoms in total. The van der Waals surface area contributed by atoms with Crippen LogP contribution in [-0.2, 0) is 11.2 Å². The molecule has 1 unspecified atom stereocenters. The molecule has 4 rings (SSSR count). The van der Waals surface area contributed by atoms with E-state index >= 15 is 0 Å². The minimum atomic E-state index is -0.595. The van der Waals surface area contributed by atoms with E-state index in [1.165, 1.54) is 6.07 Å². The molecule has 2 aromatic carbocycles. The molecule has 0 spiro atoms. The van der Waals surface area contributed by atoms with Gasteiger partial charge in [-0.2, -0.15) is 0 Å². The number of ketones is 1. The van der Waals surface area contributed by atoms with E-state index in [-0.39, 0.29) is 17.0 Å². The highest BCUT2D eigenvalue weighted by atomic mass is 19.1. The van der Waals surface area contributed by atoms with Gasteiger partial charge in [0.1, 0.15) is 11.9 Å². The Hall–Kier alpha value is -2.72. The molecule has 29 heavy (non-hydrogen) atoms. The van der Waals surface area contributed by atoms with Crippen LogP contribution in [0.1, 0.15) is 60.6 Å². The minimum Gasteiger partial charge on any atom is -0.367 e. The molecule has 0 saturated carbocycles. The van der Waals surface area contributed by atoms with Crippen molar-refractivity contribution in [2.45, 2.75) is 39.7 Å². The second-order valence-corrected chi connectivity index (χ2v) is 8.40. The van der Waals surface area contributed by atoms with Gasteiger partial charge in [0.25, 0.3) is 0 Å². The molecule has 1 atom stereocenters. The minimum absolute atomic E-state index is 0.120. The van der Waals surface area contributed by atoms with Crippen molar-refractivity contribution in [2.24, 2.45) is 5.41 Å². The normalized spacial score (nSPS) is 16.5. The molecule has 1 aliphatic carbocycles. The van der Waals surface area contributed by atoms with Crippen LogP contribution >= 0.6 is 0 Å².